The number of rotatable bonds is 9. The van der Waals surface area contributed by atoms with Crippen molar-refractivity contribution in [3.63, 3.8) is 0 Å². The van der Waals surface area contributed by atoms with E-state index in [1.807, 2.05) is 18.2 Å². The van der Waals surface area contributed by atoms with Gasteiger partial charge in [-0.3, -0.25) is 4.90 Å². The third kappa shape index (κ3) is 5.32. The molecule has 0 saturated carbocycles. The van der Waals surface area contributed by atoms with Gasteiger partial charge in [0.15, 0.2) is 0 Å². The summed E-state index contributed by atoms with van der Waals surface area (Å²) in [6, 6.07) is 36.3. The second-order valence-electron chi connectivity index (χ2n) is 10.1. The van der Waals surface area contributed by atoms with Gasteiger partial charge in [0, 0.05) is 35.2 Å². The number of hydrogen-bond donors (Lipinski definition) is 0. The van der Waals surface area contributed by atoms with Crippen LogP contribution in [-0.4, -0.2) is 29.7 Å². The molecule has 0 amide bonds. The van der Waals surface area contributed by atoms with Crippen LogP contribution in [0.5, 0.6) is 11.5 Å². The van der Waals surface area contributed by atoms with Gasteiger partial charge in [-0.2, -0.15) is 0 Å². The van der Waals surface area contributed by atoms with Crippen molar-refractivity contribution in [1.82, 2.24) is 9.47 Å². The fraction of sp³-hybridized carbons (Fsp3) is 0.235. The summed E-state index contributed by atoms with van der Waals surface area (Å²) in [5.74, 6) is 1.85. The lowest BCUT2D eigenvalue weighted by Crippen LogP contribution is -2.18. The Kier molecular flexibility index (Phi) is 7.14. The average Bonchev–Trinajstić information content (AvgIpc) is 3.62. The molecule has 1 saturated heterocycles. The zero-order chi connectivity index (χ0) is 25.7. The molecule has 0 bridgehead atoms. The predicted octanol–water partition coefficient (Wildman–Crippen LogP) is 7.54. The van der Waals surface area contributed by atoms with Crippen LogP contribution in [0.4, 0.5) is 0 Å². The van der Waals surface area contributed by atoms with Crippen LogP contribution < -0.4 is 9.47 Å². The molecule has 2 heterocycles. The molecule has 4 aromatic carbocycles. The quantitative estimate of drug-likeness (QED) is 0.208. The first-order valence-electron chi connectivity index (χ1n) is 13.5. The number of likely N-dealkylation sites (tertiary alicyclic amines) is 1. The highest BCUT2D eigenvalue weighted by Crippen LogP contribution is 2.32. The molecule has 0 radical (unpaired) electrons. The Bertz CT molecular complexity index is 1500. The molecule has 1 fully saturated rings. The molecular formula is C34H34N2O2. The molecule has 1 aromatic heterocycles. The topological polar surface area (TPSA) is 26.6 Å². The third-order valence-electron chi connectivity index (χ3n) is 7.49. The Labute approximate surface area is 225 Å². The summed E-state index contributed by atoms with van der Waals surface area (Å²) in [6.45, 7) is 4.66. The average molecular weight is 503 g/mol. The maximum atomic E-state index is 6.03. The lowest BCUT2D eigenvalue weighted by atomic mass is 10.1. The van der Waals surface area contributed by atoms with Crippen LogP contribution in [-0.2, 0) is 19.7 Å². The monoisotopic (exact) mass is 502 g/mol. The van der Waals surface area contributed by atoms with Crippen LogP contribution in [0.1, 0.15) is 29.5 Å². The van der Waals surface area contributed by atoms with Crippen molar-refractivity contribution in [2.45, 2.75) is 32.5 Å². The minimum Gasteiger partial charge on any atom is -0.496 e. The van der Waals surface area contributed by atoms with E-state index < -0.39 is 0 Å². The molecule has 0 atom stereocenters. The molecule has 0 aliphatic carbocycles. The zero-order valence-corrected chi connectivity index (χ0v) is 22.0. The van der Waals surface area contributed by atoms with Crippen LogP contribution >= 0.6 is 0 Å². The summed E-state index contributed by atoms with van der Waals surface area (Å²) < 4.78 is 14.3. The predicted molar refractivity (Wildman–Crippen MR) is 155 cm³/mol. The van der Waals surface area contributed by atoms with Gasteiger partial charge in [-0.1, -0.05) is 60.7 Å². The molecule has 0 N–H and O–H groups in total. The molecule has 4 heteroatoms. The van der Waals surface area contributed by atoms with Gasteiger partial charge in [-0.15, -0.1) is 0 Å². The first-order valence-corrected chi connectivity index (χ1v) is 13.5. The van der Waals surface area contributed by atoms with Crippen LogP contribution in [0.3, 0.4) is 0 Å². The van der Waals surface area contributed by atoms with Crippen molar-refractivity contribution in [3.05, 3.63) is 120 Å². The second kappa shape index (κ2) is 11.2. The van der Waals surface area contributed by atoms with E-state index in [9.17, 15) is 0 Å². The van der Waals surface area contributed by atoms with Crippen molar-refractivity contribution >= 4 is 10.9 Å². The standard InChI is InChI=1S/C34H34N2O2/c1-37-34-21-27(13-14-30(34)24-35-19-7-8-20-35)23-36-32-12-6-5-11-29(32)22-33(36)28-15-17-31(18-16-28)38-25-26-9-3-2-4-10-26/h2-6,9-18,21-22H,7-8,19-20,23-25H2,1H3. The van der Waals surface area contributed by atoms with Gasteiger partial charge in [0.05, 0.1) is 7.11 Å². The molecule has 6 rings (SSSR count). The first kappa shape index (κ1) is 24.3. The van der Waals surface area contributed by atoms with Crippen molar-refractivity contribution in [3.8, 4) is 22.8 Å². The van der Waals surface area contributed by atoms with E-state index in [2.05, 4.69) is 94.4 Å². The number of para-hydroxylation sites is 1. The SMILES string of the molecule is COc1cc(Cn2c(-c3ccc(OCc4ccccc4)cc3)cc3ccccc32)ccc1CN1CCCC1. The number of hydrogen-bond acceptors (Lipinski definition) is 3. The van der Waals surface area contributed by atoms with E-state index in [-0.39, 0.29) is 0 Å². The van der Waals surface area contributed by atoms with E-state index in [0.717, 1.165) is 24.6 Å². The van der Waals surface area contributed by atoms with E-state index in [1.54, 1.807) is 7.11 Å². The van der Waals surface area contributed by atoms with Gasteiger partial charge in [-0.05, 0) is 85.1 Å². The summed E-state index contributed by atoms with van der Waals surface area (Å²) in [5.41, 5.74) is 7.26. The number of benzene rings is 4. The van der Waals surface area contributed by atoms with Crippen LogP contribution in [0.2, 0.25) is 0 Å². The number of methoxy groups -OCH3 is 1. The van der Waals surface area contributed by atoms with Crippen molar-refractivity contribution in [2.24, 2.45) is 0 Å². The highest BCUT2D eigenvalue weighted by atomic mass is 16.5. The molecule has 0 spiro atoms. The zero-order valence-electron chi connectivity index (χ0n) is 22.0. The fourth-order valence-electron chi connectivity index (χ4n) is 5.46. The van der Waals surface area contributed by atoms with E-state index in [4.69, 9.17) is 9.47 Å². The third-order valence-corrected chi connectivity index (χ3v) is 7.49. The maximum Gasteiger partial charge on any atom is 0.123 e. The molecular weight excluding hydrogens is 468 g/mol. The fourth-order valence-corrected chi connectivity index (χ4v) is 5.46. The van der Waals surface area contributed by atoms with Crippen molar-refractivity contribution < 1.29 is 9.47 Å². The Balaban J connectivity index is 1.26. The van der Waals surface area contributed by atoms with Gasteiger partial charge >= 0.3 is 0 Å². The molecule has 38 heavy (non-hydrogen) atoms. The van der Waals surface area contributed by atoms with Crippen LogP contribution in [0, 0.1) is 0 Å². The first-order chi connectivity index (χ1) is 18.8. The summed E-state index contributed by atoms with van der Waals surface area (Å²) in [5, 5.41) is 1.24. The Morgan fingerprint density at radius 1 is 0.711 bits per heavy atom. The summed E-state index contributed by atoms with van der Waals surface area (Å²) >= 11 is 0. The second-order valence-corrected chi connectivity index (χ2v) is 10.1. The molecule has 5 aromatic rings. The number of fused-ring (bicyclic) bond motifs is 1. The summed E-state index contributed by atoms with van der Waals surface area (Å²) in [7, 11) is 1.78. The Morgan fingerprint density at radius 2 is 1.47 bits per heavy atom. The Hall–Kier alpha value is -4.02. The number of nitrogens with zero attached hydrogens (tertiary/aromatic N) is 2. The molecule has 0 unspecified atom stereocenters. The van der Waals surface area contributed by atoms with Crippen LogP contribution in [0.15, 0.2) is 103 Å². The molecule has 192 valence electrons. The maximum absolute atomic E-state index is 6.03. The van der Waals surface area contributed by atoms with E-state index in [0.29, 0.717) is 6.61 Å². The van der Waals surface area contributed by atoms with Gasteiger partial charge < -0.3 is 14.0 Å². The smallest absolute Gasteiger partial charge is 0.123 e. The highest BCUT2D eigenvalue weighted by molar-refractivity contribution is 5.87. The van der Waals surface area contributed by atoms with Crippen molar-refractivity contribution in [1.29, 1.82) is 0 Å². The Morgan fingerprint density at radius 3 is 2.26 bits per heavy atom. The summed E-state index contributed by atoms with van der Waals surface area (Å²) in [6.07, 6.45) is 2.59. The van der Waals surface area contributed by atoms with E-state index in [1.165, 1.54) is 64.8 Å². The van der Waals surface area contributed by atoms with Gasteiger partial charge in [0.25, 0.3) is 0 Å². The van der Waals surface area contributed by atoms with Gasteiger partial charge in [0.1, 0.15) is 18.1 Å². The summed E-state index contributed by atoms with van der Waals surface area (Å²) in [4.78, 5) is 2.52. The normalized spacial score (nSPS) is 13.7. The van der Waals surface area contributed by atoms with Gasteiger partial charge in [-0.25, -0.2) is 0 Å². The van der Waals surface area contributed by atoms with Crippen LogP contribution in [0.25, 0.3) is 22.2 Å². The molecule has 1 aliphatic heterocycles. The minimum absolute atomic E-state index is 0.566. The van der Waals surface area contributed by atoms with E-state index >= 15 is 0 Å². The minimum atomic E-state index is 0.566. The van der Waals surface area contributed by atoms with Gasteiger partial charge in [0.2, 0.25) is 0 Å². The molecule has 1 aliphatic rings. The number of aromatic nitrogens is 1. The largest absolute Gasteiger partial charge is 0.496 e. The van der Waals surface area contributed by atoms with Crippen molar-refractivity contribution in [2.75, 3.05) is 20.2 Å². The molecule has 4 nitrogen and oxygen atoms in total. The highest BCUT2D eigenvalue weighted by Gasteiger charge is 2.16. The lowest BCUT2D eigenvalue weighted by Gasteiger charge is -2.18. The number of ether oxygens (including phenoxy) is 2. The lowest BCUT2D eigenvalue weighted by molar-refractivity contribution is 0.306.